The summed E-state index contributed by atoms with van der Waals surface area (Å²) < 4.78 is 24.6. The Bertz CT molecular complexity index is 847. The Morgan fingerprint density at radius 3 is 3.00 bits per heavy atom. The molecule has 1 aromatic heterocycles. The summed E-state index contributed by atoms with van der Waals surface area (Å²) in [4.78, 5) is 18.3. The molecule has 1 aliphatic rings. The van der Waals surface area contributed by atoms with Gasteiger partial charge in [0, 0.05) is 36.6 Å². The molecule has 30 heavy (non-hydrogen) atoms. The number of methoxy groups -OCH3 is 1. The molecule has 2 atom stereocenters. The van der Waals surface area contributed by atoms with Crippen molar-refractivity contribution in [3.8, 4) is 5.75 Å². The zero-order valence-corrected chi connectivity index (χ0v) is 18.1. The summed E-state index contributed by atoms with van der Waals surface area (Å²) in [7, 11) is 1.34. The van der Waals surface area contributed by atoms with Crippen molar-refractivity contribution in [2.75, 3.05) is 25.6 Å². The second kappa shape index (κ2) is 10.7. The standard InChI is InChI=1S/C21H28FN3O4S/c1-3-4-5-8-29-19-7-6-14(9-17(19)22)23-21-24-15(13-30-21)11-25-12-16(26)10-18(25)20(27)28-2/h6-7,9,13,16,18,26H,3-5,8,10-12H2,1-2H3,(H,23,24)/t16-,18?/m1/s1. The van der Waals surface area contributed by atoms with Crippen LogP contribution in [0.15, 0.2) is 23.6 Å². The molecular formula is C21H28FN3O4S. The summed E-state index contributed by atoms with van der Waals surface area (Å²) in [6.07, 6.45) is 2.85. The molecule has 1 aromatic carbocycles. The predicted octanol–water partition coefficient (Wildman–Crippen LogP) is 3.70. The second-order valence-electron chi connectivity index (χ2n) is 7.33. The number of likely N-dealkylation sites (tertiary alicyclic amines) is 1. The maximum Gasteiger partial charge on any atom is 0.323 e. The van der Waals surface area contributed by atoms with Crippen molar-refractivity contribution < 1.29 is 23.8 Å². The topological polar surface area (TPSA) is 83.9 Å². The van der Waals surface area contributed by atoms with Gasteiger partial charge in [0.15, 0.2) is 16.7 Å². The number of hydrogen-bond acceptors (Lipinski definition) is 8. The summed E-state index contributed by atoms with van der Waals surface area (Å²) in [5.41, 5.74) is 1.35. The van der Waals surface area contributed by atoms with Crippen LogP contribution in [0.3, 0.4) is 0 Å². The van der Waals surface area contributed by atoms with Crippen LogP contribution in [0.2, 0.25) is 0 Å². The largest absolute Gasteiger partial charge is 0.491 e. The zero-order chi connectivity index (χ0) is 21.5. The van der Waals surface area contributed by atoms with Crippen LogP contribution in [0.5, 0.6) is 5.75 Å². The maximum absolute atomic E-state index is 14.3. The molecule has 0 radical (unpaired) electrons. The van der Waals surface area contributed by atoms with E-state index >= 15 is 0 Å². The van der Waals surface area contributed by atoms with Gasteiger partial charge in [-0.25, -0.2) is 9.37 Å². The third-order valence-corrected chi connectivity index (χ3v) is 5.77. The lowest BCUT2D eigenvalue weighted by molar-refractivity contribution is -0.146. The SMILES string of the molecule is CCCCCOc1ccc(Nc2nc(CN3C[C@H](O)CC3C(=O)OC)cs2)cc1F. The molecule has 2 N–H and O–H groups in total. The molecule has 0 bridgehead atoms. The van der Waals surface area contributed by atoms with Gasteiger partial charge in [-0.3, -0.25) is 9.69 Å². The number of thiazole rings is 1. The molecular weight excluding hydrogens is 409 g/mol. The number of halogens is 1. The third-order valence-electron chi connectivity index (χ3n) is 4.96. The first kappa shape index (κ1) is 22.5. The minimum absolute atomic E-state index is 0.248. The number of esters is 1. The summed E-state index contributed by atoms with van der Waals surface area (Å²) in [6, 6.07) is 4.29. The van der Waals surface area contributed by atoms with Crippen LogP contribution in [0.25, 0.3) is 0 Å². The van der Waals surface area contributed by atoms with Crippen molar-refractivity contribution in [1.82, 2.24) is 9.88 Å². The summed E-state index contributed by atoms with van der Waals surface area (Å²) in [6.45, 7) is 3.43. The number of carbonyl (C=O) groups is 1. The number of rotatable bonds is 10. The fourth-order valence-electron chi connectivity index (χ4n) is 3.43. The molecule has 1 fully saturated rings. The number of benzene rings is 1. The van der Waals surface area contributed by atoms with Crippen molar-refractivity contribution >= 4 is 28.1 Å². The van der Waals surface area contributed by atoms with Crippen molar-refractivity contribution in [3.63, 3.8) is 0 Å². The number of aromatic nitrogens is 1. The van der Waals surface area contributed by atoms with Gasteiger partial charge < -0.3 is 19.9 Å². The fourth-order valence-corrected chi connectivity index (χ4v) is 4.16. The number of unbranched alkanes of at least 4 members (excludes halogenated alkanes) is 2. The minimum Gasteiger partial charge on any atom is -0.491 e. The van der Waals surface area contributed by atoms with E-state index in [1.165, 1.54) is 24.5 Å². The van der Waals surface area contributed by atoms with Crippen LogP contribution in [0, 0.1) is 5.82 Å². The number of anilines is 2. The van der Waals surface area contributed by atoms with Gasteiger partial charge in [-0.05, 0) is 18.6 Å². The minimum atomic E-state index is -0.559. The molecule has 2 aromatic rings. The first-order valence-corrected chi connectivity index (χ1v) is 11.0. The lowest BCUT2D eigenvalue weighted by Gasteiger charge is -2.20. The number of carbonyl (C=O) groups excluding carboxylic acids is 1. The van der Waals surface area contributed by atoms with E-state index in [9.17, 15) is 14.3 Å². The number of aliphatic hydroxyl groups is 1. The predicted molar refractivity (Wildman–Crippen MR) is 114 cm³/mol. The summed E-state index contributed by atoms with van der Waals surface area (Å²) in [5.74, 6) is -0.522. The van der Waals surface area contributed by atoms with Crippen molar-refractivity contribution in [1.29, 1.82) is 0 Å². The highest BCUT2D eigenvalue weighted by Crippen LogP contribution is 2.27. The number of ether oxygens (including phenoxy) is 2. The Kier molecular flexibility index (Phi) is 8.01. The number of nitrogens with one attached hydrogen (secondary N) is 1. The molecule has 0 amide bonds. The molecule has 0 aliphatic carbocycles. The lowest BCUT2D eigenvalue weighted by atomic mass is 10.2. The fraction of sp³-hybridized carbons (Fsp3) is 0.524. The van der Waals surface area contributed by atoms with Crippen LogP contribution in [-0.2, 0) is 16.1 Å². The molecule has 1 unspecified atom stereocenters. The first-order chi connectivity index (χ1) is 14.5. The van der Waals surface area contributed by atoms with Gasteiger partial charge in [0.05, 0.1) is 25.5 Å². The van der Waals surface area contributed by atoms with Gasteiger partial charge in [-0.15, -0.1) is 11.3 Å². The second-order valence-corrected chi connectivity index (χ2v) is 8.19. The van der Waals surface area contributed by atoms with Crippen LogP contribution in [0.1, 0.15) is 38.3 Å². The molecule has 2 heterocycles. The van der Waals surface area contributed by atoms with Crippen LogP contribution >= 0.6 is 11.3 Å². The average molecular weight is 438 g/mol. The van der Waals surface area contributed by atoms with Crippen LogP contribution in [-0.4, -0.2) is 53.4 Å². The Balaban J connectivity index is 1.57. The van der Waals surface area contributed by atoms with E-state index in [-0.39, 0.29) is 11.7 Å². The van der Waals surface area contributed by atoms with E-state index in [4.69, 9.17) is 9.47 Å². The number of hydrogen-bond donors (Lipinski definition) is 2. The molecule has 9 heteroatoms. The summed E-state index contributed by atoms with van der Waals surface area (Å²) >= 11 is 1.39. The molecule has 3 rings (SSSR count). The normalized spacial score (nSPS) is 19.1. The average Bonchev–Trinajstić information content (AvgIpc) is 3.32. The molecule has 0 saturated carbocycles. The maximum atomic E-state index is 14.3. The molecule has 1 aliphatic heterocycles. The smallest absolute Gasteiger partial charge is 0.323 e. The molecule has 0 spiro atoms. The van der Waals surface area contributed by atoms with Crippen molar-refractivity contribution in [3.05, 3.63) is 35.1 Å². The summed E-state index contributed by atoms with van der Waals surface area (Å²) in [5, 5.41) is 15.5. The highest BCUT2D eigenvalue weighted by Gasteiger charge is 2.36. The van der Waals surface area contributed by atoms with E-state index in [2.05, 4.69) is 17.2 Å². The van der Waals surface area contributed by atoms with Gasteiger partial charge in [0.2, 0.25) is 0 Å². The number of β-amino-alcohol motifs (C(OH)–C–C–N with tert-alkyl or cyclic N) is 1. The Morgan fingerprint density at radius 2 is 2.27 bits per heavy atom. The molecule has 7 nitrogen and oxygen atoms in total. The van der Waals surface area contributed by atoms with Crippen LogP contribution < -0.4 is 10.1 Å². The van der Waals surface area contributed by atoms with E-state index in [0.717, 1.165) is 25.0 Å². The highest BCUT2D eigenvalue weighted by atomic mass is 32.1. The number of aliphatic hydroxyl groups excluding tert-OH is 1. The number of nitrogens with zero attached hydrogens (tertiary/aromatic N) is 2. The van der Waals surface area contributed by atoms with Gasteiger partial charge in [-0.1, -0.05) is 19.8 Å². The lowest BCUT2D eigenvalue weighted by Crippen LogP contribution is -2.36. The van der Waals surface area contributed by atoms with Crippen molar-refractivity contribution in [2.45, 2.75) is 51.3 Å². The van der Waals surface area contributed by atoms with Crippen molar-refractivity contribution in [2.24, 2.45) is 0 Å². The Hall–Kier alpha value is -2.23. The quantitative estimate of drug-likeness (QED) is 0.433. The Labute approximate surface area is 179 Å². The third kappa shape index (κ3) is 5.90. The first-order valence-electron chi connectivity index (χ1n) is 10.1. The van der Waals surface area contributed by atoms with Gasteiger partial charge in [-0.2, -0.15) is 0 Å². The van der Waals surface area contributed by atoms with E-state index in [0.29, 0.717) is 36.9 Å². The van der Waals surface area contributed by atoms with Gasteiger partial charge in [0.25, 0.3) is 0 Å². The van der Waals surface area contributed by atoms with E-state index < -0.39 is 18.0 Å². The van der Waals surface area contributed by atoms with E-state index in [1.807, 2.05) is 10.3 Å². The van der Waals surface area contributed by atoms with Gasteiger partial charge in [0.1, 0.15) is 6.04 Å². The van der Waals surface area contributed by atoms with Crippen LogP contribution in [0.4, 0.5) is 15.2 Å². The Morgan fingerprint density at radius 1 is 1.43 bits per heavy atom. The molecule has 164 valence electrons. The van der Waals surface area contributed by atoms with E-state index in [1.54, 1.807) is 12.1 Å². The highest BCUT2D eigenvalue weighted by molar-refractivity contribution is 7.13. The van der Waals surface area contributed by atoms with Gasteiger partial charge >= 0.3 is 5.97 Å². The molecule has 1 saturated heterocycles. The zero-order valence-electron chi connectivity index (χ0n) is 17.3. The monoisotopic (exact) mass is 437 g/mol.